The highest BCUT2D eigenvalue weighted by atomic mass is 16.5. The summed E-state index contributed by atoms with van der Waals surface area (Å²) in [6, 6.07) is 5.66. The van der Waals surface area contributed by atoms with Crippen molar-refractivity contribution in [2.75, 3.05) is 18.8 Å². The van der Waals surface area contributed by atoms with Gasteiger partial charge in [-0.05, 0) is 37.8 Å². The molecule has 4 nitrogen and oxygen atoms in total. The summed E-state index contributed by atoms with van der Waals surface area (Å²) in [7, 11) is 0. The van der Waals surface area contributed by atoms with Crippen LogP contribution in [0.5, 0.6) is 5.75 Å². The predicted octanol–water partition coefficient (Wildman–Crippen LogP) is 2.81. The molecule has 1 aromatic carbocycles. The van der Waals surface area contributed by atoms with Crippen LogP contribution in [0.15, 0.2) is 23.2 Å². The first-order valence-electron chi connectivity index (χ1n) is 7.03. The highest BCUT2D eigenvalue weighted by Gasteiger charge is 2.27. The molecular formula is C15H21N3O. The zero-order valence-corrected chi connectivity index (χ0v) is 11.6. The standard InChI is InChI=1S/C15H21N3O/c1-10-5-7-18(8-6-10)15-11(2)19-14-9-12(16)3-4-13(14)17-15/h3-4,9-11H,5-8,16H2,1-2H3. The van der Waals surface area contributed by atoms with E-state index in [9.17, 15) is 0 Å². The summed E-state index contributed by atoms with van der Waals surface area (Å²) in [5.41, 5.74) is 7.39. The van der Waals surface area contributed by atoms with E-state index in [0.717, 1.165) is 42.0 Å². The minimum Gasteiger partial charge on any atom is -0.480 e. The summed E-state index contributed by atoms with van der Waals surface area (Å²) < 4.78 is 5.95. The van der Waals surface area contributed by atoms with Crippen LogP contribution in [-0.4, -0.2) is 29.9 Å². The van der Waals surface area contributed by atoms with Crippen LogP contribution in [-0.2, 0) is 0 Å². The van der Waals surface area contributed by atoms with E-state index in [2.05, 4.69) is 18.7 Å². The van der Waals surface area contributed by atoms with Crippen molar-refractivity contribution in [3.63, 3.8) is 0 Å². The Hall–Kier alpha value is -1.71. The summed E-state index contributed by atoms with van der Waals surface area (Å²) in [4.78, 5) is 7.14. The Morgan fingerprint density at radius 2 is 2.00 bits per heavy atom. The van der Waals surface area contributed by atoms with Gasteiger partial charge in [0.25, 0.3) is 0 Å². The van der Waals surface area contributed by atoms with Gasteiger partial charge in [-0.25, -0.2) is 4.99 Å². The van der Waals surface area contributed by atoms with Crippen molar-refractivity contribution in [2.45, 2.75) is 32.8 Å². The van der Waals surface area contributed by atoms with Gasteiger partial charge in [-0.2, -0.15) is 0 Å². The van der Waals surface area contributed by atoms with Crippen molar-refractivity contribution in [3.8, 4) is 5.75 Å². The monoisotopic (exact) mass is 259 g/mol. The van der Waals surface area contributed by atoms with Crippen molar-refractivity contribution >= 4 is 17.2 Å². The molecule has 3 rings (SSSR count). The smallest absolute Gasteiger partial charge is 0.153 e. The number of amidine groups is 1. The maximum absolute atomic E-state index is 5.95. The van der Waals surface area contributed by atoms with Crippen LogP contribution < -0.4 is 10.5 Å². The van der Waals surface area contributed by atoms with Gasteiger partial charge in [0.1, 0.15) is 17.3 Å². The first-order chi connectivity index (χ1) is 9.13. The lowest BCUT2D eigenvalue weighted by Crippen LogP contribution is -2.45. The number of hydrogen-bond acceptors (Lipinski definition) is 4. The molecule has 2 aliphatic heterocycles. The molecule has 4 heteroatoms. The van der Waals surface area contributed by atoms with E-state index < -0.39 is 0 Å². The maximum atomic E-state index is 5.95. The minimum atomic E-state index is 0.00251. The zero-order valence-electron chi connectivity index (χ0n) is 11.6. The molecule has 0 amide bonds. The molecule has 1 fully saturated rings. The Balaban J connectivity index is 1.87. The third-order valence-electron chi connectivity index (χ3n) is 3.99. The molecule has 0 aromatic heterocycles. The van der Waals surface area contributed by atoms with Crippen LogP contribution in [0.25, 0.3) is 0 Å². The fraction of sp³-hybridized carbons (Fsp3) is 0.533. The van der Waals surface area contributed by atoms with Crippen molar-refractivity contribution in [1.29, 1.82) is 0 Å². The molecule has 0 radical (unpaired) electrons. The summed E-state index contributed by atoms with van der Waals surface area (Å²) in [6.07, 6.45) is 2.48. The first-order valence-corrected chi connectivity index (χ1v) is 7.03. The number of hydrogen-bond donors (Lipinski definition) is 1. The number of ether oxygens (including phenoxy) is 1. The molecule has 1 atom stereocenters. The number of fused-ring (bicyclic) bond motifs is 1. The Bertz CT molecular complexity index is 504. The largest absolute Gasteiger partial charge is 0.480 e. The Labute approximate surface area is 114 Å². The molecule has 2 aliphatic rings. The van der Waals surface area contributed by atoms with E-state index >= 15 is 0 Å². The van der Waals surface area contributed by atoms with Crippen molar-refractivity contribution in [2.24, 2.45) is 10.9 Å². The van der Waals surface area contributed by atoms with E-state index in [1.807, 2.05) is 18.2 Å². The molecule has 1 aromatic rings. The second-order valence-electron chi connectivity index (χ2n) is 5.63. The zero-order chi connectivity index (χ0) is 13.4. The Kier molecular flexibility index (Phi) is 3.09. The number of likely N-dealkylation sites (tertiary alicyclic amines) is 1. The number of piperidine rings is 1. The molecule has 0 aliphatic carbocycles. The topological polar surface area (TPSA) is 50.8 Å². The number of nitrogens with zero attached hydrogens (tertiary/aromatic N) is 2. The van der Waals surface area contributed by atoms with E-state index in [-0.39, 0.29) is 6.10 Å². The van der Waals surface area contributed by atoms with Crippen LogP contribution in [0.3, 0.4) is 0 Å². The number of rotatable bonds is 0. The average Bonchev–Trinajstić information content (AvgIpc) is 2.39. The van der Waals surface area contributed by atoms with Crippen LogP contribution >= 0.6 is 0 Å². The van der Waals surface area contributed by atoms with Crippen LogP contribution in [0, 0.1) is 5.92 Å². The van der Waals surface area contributed by atoms with Crippen molar-refractivity contribution in [3.05, 3.63) is 18.2 Å². The number of anilines is 1. The second kappa shape index (κ2) is 4.76. The van der Waals surface area contributed by atoms with Gasteiger partial charge < -0.3 is 15.4 Å². The third-order valence-corrected chi connectivity index (χ3v) is 3.99. The molecule has 0 saturated carbocycles. The van der Waals surface area contributed by atoms with Gasteiger partial charge in [0, 0.05) is 24.8 Å². The highest BCUT2D eigenvalue weighted by Crippen LogP contribution is 2.35. The summed E-state index contributed by atoms with van der Waals surface area (Å²) in [5.74, 6) is 2.68. The Morgan fingerprint density at radius 3 is 2.74 bits per heavy atom. The number of nitrogens with two attached hydrogens (primary N) is 1. The molecular weight excluding hydrogens is 238 g/mol. The predicted molar refractivity (Wildman–Crippen MR) is 78.0 cm³/mol. The molecule has 0 spiro atoms. The lowest BCUT2D eigenvalue weighted by Gasteiger charge is -2.36. The number of nitrogen functional groups attached to an aromatic ring is 1. The van der Waals surface area contributed by atoms with Crippen LogP contribution in [0.2, 0.25) is 0 Å². The second-order valence-corrected chi connectivity index (χ2v) is 5.63. The Morgan fingerprint density at radius 1 is 1.26 bits per heavy atom. The van der Waals surface area contributed by atoms with Crippen molar-refractivity contribution in [1.82, 2.24) is 4.90 Å². The molecule has 1 saturated heterocycles. The van der Waals surface area contributed by atoms with Gasteiger partial charge in [0.05, 0.1) is 0 Å². The summed E-state index contributed by atoms with van der Waals surface area (Å²) in [6.45, 7) is 6.54. The SMILES string of the molecule is CC1CCN(C2=Nc3ccc(N)cc3OC2C)CC1. The molecule has 1 unspecified atom stereocenters. The van der Waals surface area contributed by atoms with E-state index in [4.69, 9.17) is 15.5 Å². The highest BCUT2D eigenvalue weighted by molar-refractivity contribution is 5.91. The van der Waals surface area contributed by atoms with Gasteiger partial charge >= 0.3 is 0 Å². The normalized spacial score (nSPS) is 23.6. The van der Waals surface area contributed by atoms with E-state index in [0.29, 0.717) is 0 Å². The molecule has 2 heterocycles. The fourth-order valence-corrected chi connectivity index (χ4v) is 2.74. The van der Waals surface area contributed by atoms with E-state index in [1.54, 1.807) is 0 Å². The van der Waals surface area contributed by atoms with Crippen LogP contribution in [0.1, 0.15) is 26.7 Å². The molecule has 102 valence electrons. The van der Waals surface area contributed by atoms with Crippen LogP contribution in [0.4, 0.5) is 11.4 Å². The lowest BCUT2D eigenvalue weighted by atomic mass is 9.98. The van der Waals surface area contributed by atoms with Gasteiger partial charge in [0.15, 0.2) is 6.10 Å². The maximum Gasteiger partial charge on any atom is 0.153 e. The van der Waals surface area contributed by atoms with Gasteiger partial charge in [-0.3, -0.25) is 0 Å². The molecule has 2 N–H and O–H groups in total. The number of benzene rings is 1. The van der Waals surface area contributed by atoms with Crippen molar-refractivity contribution < 1.29 is 4.74 Å². The van der Waals surface area contributed by atoms with Gasteiger partial charge in [0.2, 0.25) is 0 Å². The third kappa shape index (κ3) is 2.39. The minimum absolute atomic E-state index is 0.00251. The summed E-state index contributed by atoms with van der Waals surface area (Å²) in [5, 5.41) is 0. The lowest BCUT2D eigenvalue weighted by molar-refractivity contribution is 0.224. The first kappa shape index (κ1) is 12.3. The van der Waals surface area contributed by atoms with Gasteiger partial charge in [-0.1, -0.05) is 6.92 Å². The quantitative estimate of drug-likeness (QED) is 0.729. The summed E-state index contributed by atoms with van der Waals surface area (Å²) >= 11 is 0. The molecule has 19 heavy (non-hydrogen) atoms. The van der Waals surface area contributed by atoms with E-state index in [1.165, 1.54) is 12.8 Å². The fourth-order valence-electron chi connectivity index (χ4n) is 2.74. The average molecular weight is 259 g/mol. The van der Waals surface area contributed by atoms with Gasteiger partial charge in [-0.15, -0.1) is 0 Å². The molecule has 0 bridgehead atoms. The number of aliphatic imine (C=N–C) groups is 1.